The Morgan fingerprint density at radius 1 is 0.909 bits per heavy atom. The van der Waals surface area contributed by atoms with Crippen molar-refractivity contribution in [3.05, 3.63) is 54.1 Å². The first-order valence-corrected chi connectivity index (χ1v) is 15.0. The van der Waals surface area contributed by atoms with Crippen LogP contribution in [0.5, 0.6) is 5.75 Å². The van der Waals surface area contributed by atoms with Crippen LogP contribution in [-0.2, 0) is 14.1 Å². The lowest BCUT2D eigenvalue weighted by atomic mass is 10.1. The van der Waals surface area contributed by atoms with Crippen molar-refractivity contribution in [2.75, 3.05) is 62.2 Å². The lowest BCUT2D eigenvalue weighted by Gasteiger charge is -2.44. The summed E-state index contributed by atoms with van der Waals surface area (Å²) in [5, 5.41) is 9.50. The number of piperazine rings is 1. The Morgan fingerprint density at radius 2 is 1.61 bits per heavy atom. The van der Waals surface area contributed by atoms with Crippen LogP contribution in [0.1, 0.15) is 18.4 Å². The number of benzene rings is 2. The highest BCUT2D eigenvalue weighted by Crippen LogP contribution is 2.55. The van der Waals surface area contributed by atoms with Crippen molar-refractivity contribution in [1.82, 2.24) is 9.21 Å². The van der Waals surface area contributed by atoms with Crippen LogP contribution in [0.2, 0.25) is 0 Å². The van der Waals surface area contributed by atoms with E-state index in [0.29, 0.717) is 23.7 Å². The summed E-state index contributed by atoms with van der Waals surface area (Å²) in [6, 6.07) is 15.0. The highest BCUT2D eigenvalue weighted by molar-refractivity contribution is 8.18. The van der Waals surface area contributed by atoms with Crippen LogP contribution in [0.25, 0.3) is 0 Å². The highest BCUT2D eigenvalue weighted by atomic mass is 32.2. The fourth-order valence-electron chi connectivity index (χ4n) is 4.93. The van der Waals surface area contributed by atoms with E-state index in [1.165, 1.54) is 6.42 Å². The van der Waals surface area contributed by atoms with Crippen molar-refractivity contribution >= 4 is 39.2 Å². The van der Waals surface area contributed by atoms with E-state index >= 15 is 0 Å². The molecule has 0 saturated carbocycles. The monoisotopic (exact) mass is 505 g/mol. The molecule has 1 spiro atoms. The fraction of sp³-hybridized carbons (Fsp3) is 0.500. The van der Waals surface area contributed by atoms with Crippen molar-refractivity contribution in [2.45, 2.75) is 21.8 Å². The maximum atomic E-state index is 13.4. The molecule has 0 aliphatic carbocycles. The molecule has 3 aliphatic rings. The van der Waals surface area contributed by atoms with E-state index in [2.05, 4.69) is 9.80 Å². The van der Waals surface area contributed by atoms with Gasteiger partial charge in [-0.25, -0.2) is 8.42 Å². The average Bonchev–Trinajstić information content (AvgIpc) is 2.84. The molecular formula is C24H31N3O3S3. The predicted molar refractivity (Wildman–Crippen MR) is 138 cm³/mol. The maximum Gasteiger partial charge on any atom is 0.243 e. The fourth-order valence-corrected chi connectivity index (χ4v) is 10.4. The summed E-state index contributed by atoms with van der Waals surface area (Å²) < 4.78 is 28.4. The Bertz CT molecular complexity index is 1060. The van der Waals surface area contributed by atoms with E-state index in [9.17, 15) is 13.5 Å². The number of fused-ring (bicyclic) bond motifs is 2. The Labute approximate surface area is 205 Å². The van der Waals surface area contributed by atoms with E-state index < -0.39 is 10.0 Å². The van der Waals surface area contributed by atoms with Crippen molar-refractivity contribution in [3.63, 3.8) is 0 Å². The van der Waals surface area contributed by atoms with E-state index in [0.717, 1.165) is 61.9 Å². The number of aromatic hydroxyl groups is 1. The van der Waals surface area contributed by atoms with Gasteiger partial charge in [-0.05, 0) is 66.8 Å². The van der Waals surface area contributed by atoms with Gasteiger partial charge in [-0.2, -0.15) is 4.31 Å². The van der Waals surface area contributed by atoms with Gasteiger partial charge in [0.2, 0.25) is 10.0 Å². The summed E-state index contributed by atoms with van der Waals surface area (Å²) in [5.41, 5.74) is 2.12. The summed E-state index contributed by atoms with van der Waals surface area (Å²) in [6.45, 7) is 5.85. The van der Waals surface area contributed by atoms with E-state index in [4.69, 9.17) is 0 Å². The van der Waals surface area contributed by atoms with Crippen molar-refractivity contribution in [2.24, 2.45) is 0 Å². The largest absolute Gasteiger partial charge is 0.508 e. The number of nitrogens with zero attached hydrogens (tertiary/aromatic N) is 3. The first-order chi connectivity index (χ1) is 16.0. The second-order valence-electron chi connectivity index (χ2n) is 8.84. The van der Waals surface area contributed by atoms with Gasteiger partial charge in [0.15, 0.2) is 0 Å². The number of anilines is 1. The van der Waals surface area contributed by atoms with Gasteiger partial charge in [0.25, 0.3) is 0 Å². The minimum Gasteiger partial charge on any atom is -0.508 e. The molecule has 3 heterocycles. The first kappa shape index (κ1) is 23.4. The van der Waals surface area contributed by atoms with Crippen molar-refractivity contribution in [1.29, 1.82) is 0 Å². The SMILES string of the molecule is O=S1(=O)c2ccccc2C2(CN1CCCN1CCN(c3ccc(O)cc3)CC1)SCCCS2. The lowest BCUT2D eigenvalue weighted by Crippen LogP contribution is -2.49. The molecule has 2 aromatic rings. The molecule has 2 aromatic carbocycles. The Morgan fingerprint density at radius 3 is 2.33 bits per heavy atom. The molecule has 0 radical (unpaired) electrons. The van der Waals surface area contributed by atoms with Crippen LogP contribution in [0.3, 0.4) is 0 Å². The molecule has 2 fully saturated rings. The van der Waals surface area contributed by atoms with Gasteiger partial charge in [0.1, 0.15) is 9.83 Å². The maximum absolute atomic E-state index is 13.4. The number of hydrogen-bond donors (Lipinski definition) is 1. The van der Waals surface area contributed by atoms with Gasteiger partial charge in [-0.15, -0.1) is 23.5 Å². The summed E-state index contributed by atoms with van der Waals surface area (Å²) in [6.07, 6.45) is 2.02. The van der Waals surface area contributed by atoms with Crippen molar-refractivity contribution < 1.29 is 13.5 Å². The van der Waals surface area contributed by atoms with Crippen LogP contribution in [0.15, 0.2) is 53.4 Å². The van der Waals surface area contributed by atoms with Gasteiger partial charge >= 0.3 is 0 Å². The second-order valence-corrected chi connectivity index (χ2v) is 13.8. The molecule has 178 valence electrons. The number of rotatable bonds is 5. The first-order valence-electron chi connectivity index (χ1n) is 11.6. The van der Waals surface area contributed by atoms with E-state index in [1.807, 2.05) is 53.9 Å². The van der Waals surface area contributed by atoms with Crippen LogP contribution in [0, 0.1) is 0 Å². The molecule has 6 nitrogen and oxygen atoms in total. The van der Waals surface area contributed by atoms with E-state index in [-0.39, 0.29) is 4.08 Å². The number of sulfonamides is 1. The summed E-state index contributed by atoms with van der Waals surface area (Å²) in [5.74, 6) is 2.46. The molecule has 1 N–H and O–H groups in total. The van der Waals surface area contributed by atoms with E-state index in [1.54, 1.807) is 22.5 Å². The van der Waals surface area contributed by atoms with Crippen LogP contribution in [0.4, 0.5) is 5.69 Å². The van der Waals surface area contributed by atoms with Gasteiger partial charge < -0.3 is 10.0 Å². The Hall–Kier alpha value is -1.39. The average molecular weight is 506 g/mol. The number of hydrogen-bond acceptors (Lipinski definition) is 7. The molecule has 0 atom stereocenters. The standard InChI is InChI=1S/C24H31N3O3S3/c28-21-9-7-20(8-10-21)26-15-13-25(14-16-26)11-3-12-27-19-24(31-17-4-18-32-24)22-5-1-2-6-23(22)33(27,29)30/h1-2,5-10,28H,3-4,11-19H2. The minimum atomic E-state index is -3.45. The molecule has 9 heteroatoms. The van der Waals surface area contributed by atoms with Gasteiger partial charge in [-0.3, -0.25) is 4.90 Å². The zero-order valence-corrected chi connectivity index (χ0v) is 21.2. The van der Waals surface area contributed by atoms with Crippen LogP contribution >= 0.6 is 23.5 Å². The number of phenolic OH excluding ortho intramolecular Hbond substituents is 1. The molecule has 0 aromatic heterocycles. The summed E-state index contributed by atoms with van der Waals surface area (Å²) in [4.78, 5) is 5.27. The van der Waals surface area contributed by atoms with Gasteiger partial charge in [0, 0.05) is 45.0 Å². The third kappa shape index (κ3) is 4.75. The molecule has 3 aliphatic heterocycles. The summed E-state index contributed by atoms with van der Waals surface area (Å²) in [7, 11) is -3.45. The summed E-state index contributed by atoms with van der Waals surface area (Å²) >= 11 is 3.84. The molecule has 0 bridgehead atoms. The molecule has 0 unspecified atom stereocenters. The second kappa shape index (κ2) is 9.70. The third-order valence-electron chi connectivity index (χ3n) is 6.73. The Balaban J connectivity index is 1.20. The lowest BCUT2D eigenvalue weighted by molar-refractivity contribution is 0.244. The smallest absolute Gasteiger partial charge is 0.243 e. The molecular weight excluding hydrogens is 474 g/mol. The third-order valence-corrected chi connectivity index (χ3v) is 12.0. The van der Waals surface area contributed by atoms with Crippen LogP contribution < -0.4 is 4.90 Å². The molecule has 2 saturated heterocycles. The van der Waals surface area contributed by atoms with Crippen LogP contribution in [-0.4, -0.2) is 80.0 Å². The topological polar surface area (TPSA) is 64.1 Å². The molecule has 33 heavy (non-hydrogen) atoms. The minimum absolute atomic E-state index is 0.171. The quantitative estimate of drug-likeness (QED) is 0.666. The van der Waals surface area contributed by atoms with Crippen molar-refractivity contribution in [3.8, 4) is 5.75 Å². The zero-order chi connectivity index (χ0) is 22.9. The Kier molecular flexibility index (Phi) is 6.86. The number of thioether (sulfide) groups is 2. The molecule has 5 rings (SSSR count). The van der Waals surface area contributed by atoms with Gasteiger partial charge in [-0.1, -0.05) is 18.2 Å². The normalized spacial score (nSPS) is 22.8. The predicted octanol–water partition coefficient (Wildman–Crippen LogP) is 3.63. The van der Waals surface area contributed by atoms with Gasteiger partial charge in [0.05, 0.1) is 4.90 Å². The number of phenols is 1. The highest BCUT2D eigenvalue weighted by Gasteiger charge is 2.47. The molecule has 0 amide bonds. The zero-order valence-electron chi connectivity index (χ0n) is 18.7.